The number of rotatable bonds is 4. The molecule has 0 radical (unpaired) electrons. The number of H-pyrrole nitrogens is 1. The number of carboxylic acid groups (broad SMARTS) is 1. The molecule has 21 heavy (non-hydrogen) atoms. The number of carboxylic acids is 1. The minimum Gasteiger partial charge on any atom is -0.478 e. The minimum atomic E-state index is -1.31. The summed E-state index contributed by atoms with van der Waals surface area (Å²) >= 11 is 0. The summed E-state index contributed by atoms with van der Waals surface area (Å²) in [5, 5.41) is 34.2. The van der Waals surface area contributed by atoms with Crippen LogP contribution in [0.15, 0.2) is 28.4 Å². The second kappa shape index (κ2) is 5.49. The number of benzene rings is 1. The van der Waals surface area contributed by atoms with Crippen LogP contribution in [0.3, 0.4) is 0 Å². The van der Waals surface area contributed by atoms with E-state index in [1.165, 1.54) is 12.1 Å². The highest BCUT2D eigenvalue weighted by Crippen LogP contribution is 2.28. The third-order valence-corrected chi connectivity index (χ3v) is 2.77. The van der Waals surface area contributed by atoms with E-state index in [4.69, 9.17) is 5.11 Å². The number of aryl methyl sites for hydroxylation is 2. The number of aromatic nitrogens is 2. The lowest BCUT2D eigenvalue weighted by molar-refractivity contribution is -0.384. The summed E-state index contributed by atoms with van der Waals surface area (Å²) in [5.41, 5.74) is 1.25. The van der Waals surface area contributed by atoms with Crippen LogP contribution in [0.2, 0.25) is 0 Å². The number of hydrogen-bond acceptors (Lipinski definition) is 6. The van der Waals surface area contributed by atoms with E-state index in [2.05, 4.69) is 20.4 Å². The number of hydrogen-bond donors (Lipinski definition) is 2. The van der Waals surface area contributed by atoms with Gasteiger partial charge in [0.2, 0.25) is 0 Å². The van der Waals surface area contributed by atoms with E-state index < -0.39 is 10.9 Å². The van der Waals surface area contributed by atoms with Gasteiger partial charge in [0.1, 0.15) is 11.4 Å². The molecular formula is C12H11N5O4. The number of aromatic amines is 1. The van der Waals surface area contributed by atoms with Gasteiger partial charge in [-0.2, -0.15) is 5.10 Å². The normalized spacial score (nSPS) is 11.0. The molecule has 0 fully saturated rings. The molecule has 9 heteroatoms. The molecular weight excluding hydrogens is 278 g/mol. The van der Waals surface area contributed by atoms with Gasteiger partial charge >= 0.3 is 5.97 Å². The summed E-state index contributed by atoms with van der Waals surface area (Å²) in [7, 11) is 0. The molecule has 0 aliphatic carbocycles. The lowest BCUT2D eigenvalue weighted by Crippen LogP contribution is -1.98. The Bertz CT molecular complexity index is 731. The van der Waals surface area contributed by atoms with Crippen LogP contribution in [0.5, 0.6) is 0 Å². The smallest absolute Gasteiger partial charge is 0.338 e. The maximum atomic E-state index is 11.1. The average molecular weight is 289 g/mol. The molecule has 0 atom stereocenters. The molecule has 2 N–H and O–H groups in total. The number of carbonyl (C=O) groups is 1. The van der Waals surface area contributed by atoms with Crippen molar-refractivity contribution >= 4 is 23.0 Å². The lowest BCUT2D eigenvalue weighted by Gasteiger charge is -2.00. The van der Waals surface area contributed by atoms with Crippen molar-refractivity contribution < 1.29 is 14.8 Å². The van der Waals surface area contributed by atoms with Crippen molar-refractivity contribution in [1.29, 1.82) is 0 Å². The van der Waals surface area contributed by atoms with Crippen molar-refractivity contribution in [3.05, 3.63) is 45.3 Å². The third-order valence-electron chi connectivity index (χ3n) is 2.77. The predicted molar refractivity (Wildman–Crippen MR) is 72.3 cm³/mol. The van der Waals surface area contributed by atoms with Crippen LogP contribution in [-0.4, -0.2) is 26.2 Å². The number of nitrogens with zero attached hydrogens (tertiary/aromatic N) is 4. The number of non-ortho nitro benzene ring substituents is 1. The summed E-state index contributed by atoms with van der Waals surface area (Å²) in [6, 6.07) is 3.37. The molecule has 0 bridgehead atoms. The molecule has 0 saturated heterocycles. The number of nitrogens with one attached hydrogen (secondary N) is 1. The molecule has 1 heterocycles. The number of azo groups is 1. The van der Waals surface area contributed by atoms with Gasteiger partial charge in [0.15, 0.2) is 0 Å². The van der Waals surface area contributed by atoms with Gasteiger partial charge in [0, 0.05) is 12.1 Å². The maximum absolute atomic E-state index is 11.1. The molecule has 108 valence electrons. The Morgan fingerprint density at radius 3 is 2.62 bits per heavy atom. The molecule has 0 aliphatic heterocycles. The van der Waals surface area contributed by atoms with Crippen molar-refractivity contribution in [2.45, 2.75) is 13.8 Å². The van der Waals surface area contributed by atoms with Gasteiger partial charge in [-0.25, -0.2) is 4.79 Å². The molecule has 0 unspecified atom stereocenters. The number of nitro benzene ring substituents is 1. The summed E-state index contributed by atoms with van der Waals surface area (Å²) in [6.07, 6.45) is 0. The Hall–Kier alpha value is -3.10. The fourth-order valence-corrected chi connectivity index (χ4v) is 1.69. The maximum Gasteiger partial charge on any atom is 0.338 e. The first-order valence-corrected chi connectivity index (χ1v) is 5.85. The lowest BCUT2D eigenvalue weighted by atomic mass is 10.1. The summed E-state index contributed by atoms with van der Waals surface area (Å²) < 4.78 is 0. The molecule has 0 spiro atoms. The second-order valence-electron chi connectivity index (χ2n) is 4.25. The average Bonchev–Trinajstić information content (AvgIpc) is 2.75. The fourth-order valence-electron chi connectivity index (χ4n) is 1.69. The van der Waals surface area contributed by atoms with Crippen LogP contribution in [0.4, 0.5) is 17.1 Å². The minimum absolute atomic E-state index is 0.0353. The van der Waals surface area contributed by atoms with Crippen molar-refractivity contribution in [3.63, 3.8) is 0 Å². The van der Waals surface area contributed by atoms with Crippen LogP contribution in [0.1, 0.15) is 21.7 Å². The van der Waals surface area contributed by atoms with Gasteiger partial charge < -0.3 is 5.11 Å². The number of nitro groups is 1. The molecule has 1 aromatic carbocycles. The predicted octanol–water partition coefficient (Wildman–Crippen LogP) is 3.05. The van der Waals surface area contributed by atoms with E-state index >= 15 is 0 Å². The Kier molecular flexibility index (Phi) is 3.74. The summed E-state index contributed by atoms with van der Waals surface area (Å²) in [6.45, 7) is 3.48. The van der Waals surface area contributed by atoms with Gasteiger partial charge in [0.05, 0.1) is 21.9 Å². The van der Waals surface area contributed by atoms with E-state index in [0.29, 0.717) is 17.1 Å². The highest BCUT2D eigenvalue weighted by Gasteiger charge is 2.16. The van der Waals surface area contributed by atoms with Crippen molar-refractivity contribution in [3.8, 4) is 0 Å². The van der Waals surface area contributed by atoms with Crippen LogP contribution in [-0.2, 0) is 0 Å². The molecule has 9 nitrogen and oxygen atoms in total. The first kappa shape index (κ1) is 14.3. The Balaban J connectivity index is 2.45. The van der Waals surface area contributed by atoms with E-state index in [1.54, 1.807) is 13.8 Å². The third kappa shape index (κ3) is 2.91. The highest BCUT2D eigenvalue weighted by molar-refractivity contribution is 5.94. The zero-order chi connectivity index (χ0) is 15.6. The molecule has 2 rings (SSSR count). The molecule has 2 aromatic rings. The van der Waals surface area contributed by atoms with Gasteiger partial charge in [-0.05, 0) is 19.9 Å². The van der Waals surface area contributed by atoms with Crippen LogP contribution >= 0.6 is 0 Å². The van der Waals surface area contributed by atoms with E-state index in [9.17, 15) is 14.9 Å². The van der Waals surface area contributed by atoms with Gasteiger partial charge in [0.25, 0.3) is 5.69 Å². The molecule has 1 aromatic heterocycles. The fraction of sp³-hybridized carbons (Fsp3) is 0.167. The van der Waals surface area contributed by atoms with Gasteiger partial charge in [-0.1, -0.05) is 0 Å². The SMILES string of the molecule is Cc1n[nH]c(C)c1N=Nc1ccc([N+](=O)[O-])cc1C(=O)O. The van der Waals surface area contributed by atoms with Crippen molar-refractivity contribution in [2.24, 2.45) is 10.2 Å². The van der Waals surface area contributed by atoms with Gasteiger partial charge in [-0.3, -0.25) is 15.2 Å². The standard InChI is InChI=1S/C12H11N5O4/c1-6-11(7(2)14-13-6)16-15-10-4-3-8(17(20)21)5-9(10)12(18)19/h3-5H,1-2H3,(H,13,14)(H,18,19). The van der Waals surface area contributed by atoms with Crippen molar-refractivity contribution in [2.75, 3.05) is 0 Å². The first-order chi connectivity index (χ1) is 9.90. The molecule has 0 saturated carbocycles. The van der Waals surface area contributed by atoms with Gasteiger partial charge in [-0.15, -0.1) is 10.2 Å². The number of aromatic carboxylic acids is 1. The first-order valence-electron chi connectivity index (χ1n) is 5.85. The largest absolute Gasteiger partial charge is 0.478 e. The Morgan fingerprint density at radius 1 is 1.38 bits per heavy atom. The molecule has 0 aliphatic rings. The topological polar surface area (TPSA) is 134 Å². The van der Waals surface area contributed by atoms with E-state index in [0.717, 1.165) is 6.07 Å². The van der Waals surface area contributed by atoms with E-state index in [1.807, 2.05) is 0 Å². The molecule has 0 amide bonds. The second-order valence-corrected chi connectivity index (χ2v) is 4.25. The highest BCUT2D eigenvalue weighted by atomic mass is 16.6. The zero-order valence-corrected chi connectivity index (χ0v) is 11.2. The Labute approximate surface area is 118 Å². The van der Waals surface area contributed by atoms with Crippen LogP contribution in [0.25, 0.3) is 0 Å². The van der Waals surface area contributed by atoms with Crippen molar-refractivity contribution in [1.82, 2.24) is 10.2 Å². The quantitative estimate of drug-likeness (QED) is 0.506. The van der Waals surface area contributed by atoms with Crippen LogP contribution < -0.4 is 0 Å². The summed E-state index contributed by atoms with van der Waals surface area (Å²) in [5.74, 6) is -1.31. The monoisotopic (exact) mass is 289 g/mol. The van der Waals surface area contributed by atoms with E-state index in [-0.39, 0.29) is 16.9 Å². The summed E-state index contributed by atoms with van der Waals surface area (Å²) in [4.78, 5) is 21.1. The zero-order valence-electron chi connectivity index (χ0n) is 11.2. The van der Waals surface area contributed by atoms with Crippen LogP contribution in [0, 0.1) is 24.0 Å². The Morgan fingerprint density at radius 2 is 2.10 bits per heavy atom.